The summed E-state index contributed by atoms with van der Waals surface area (Å²) in [7, 11) is 0. The molecule has 2 aromatic rings. The lowest BCUT2D eigenvalue weighted by molar-refractivity contribution is -0.145. The van der Waals surface area contributed by atoms with Gasteiger partial charge in [0.25, 0.3) is 0 Å². The highest BCUT2D eigenvalue weighted by molar-refractivity contribution is 6.24. The van der Waals surface area contributed by atoms with E-state index in [1.165, 1.54) is 9.80 Å². The van der Waals surface area contributed by atoms with Gasteiger partial charge in [0, 0.05) is 17.0 Å². The van der Waals surface area contributed by atoms with Gasteiger partial charge in [-0.25, -0.2) is 4.90 Å². The zero-order valence-corrected chi connectivity index (χ0v) is 22.0. The van der Waals surface area contributed by atoms with Crippen LogP contribution in [0.3, 0.4) is 0 Å². The van der Waals surface area contributed by atoms with E-state index in [1.807, 2.05) is 45.9 Å². The lowest BCUT2D eigenvalue weighted by Gasteiger charge is -2.49. The molecule has 0 bridgehead atoms. The number of hydrogen-bond acceptors (Lipinski definition) is 5. The standard InChI is InChI=1S/C31H32N2O5/c1-30(2,3)33-26(35)20-15-14-18-21(24(20)28(33)37)16-22-27(36)32(17-10-6-5-7-11-17)29(38)31(22,4)25(18)19-12-8-9-13-23(19)34/h5-14,20-22,24-25,34H,15-16H2,1-4H3/t20-,21+,22-,24-,25+,31+/m0/s1. The Morgan fingerprint density at radius 3 is 2.18 bits per heavy atom. The molecule has 1 N–H and O–H groups in total. The fraction of sp³-hybridized carbons (Fsp3) is 0.419. The topological polar surface area (TPSA) is 95.0 Å². The van der Waals surface area contributed by atoms with Crippen LogP contribution in [0.5, 0.6) is 5.75 Å². The minimum absolute atomic E-state index is 0.0460. The maximum atomic E-state index is 14.2. The summed E-state index contributed by atoms with van der Waals surface area (Å²) >= 11 is 0. The van der Waals surface area contributed by atoms with E-state index in [0.717, 1.165) is 5.57 Å². The van der Waals surface area contributed by atoms with Crippen molar-refractivity contribution in [1.29, 1.82) is 0 Å². The summed E-state index contributed by atoms with van der Waals surface area (Å²) in [6, 6.07) is 15.8. The Kier molecular flexibility index (Phi) is 5.26. The van der Waals surface area contributed by atoms with Gasteiger partial charge in [-0.05, 0) is 64.7 Å². The number of carbonyl (C=O) groups is 4. The third kappa shape index (κ3) is 3.14. The Balaban J connectivity index is 1.53. The molecule has 4 amide bonds. The third-order valence-corrected chi connectivity index (χ3v) is 9.21. The number of likely N-dealkylation sites (tertiary alicyclic amines) is 1. The van der Waals surface area contributed by atoms with E-state index in [-0.39, 0.29) is 35.3 Å². The van der Waals surface area contributed by atoms with Crippen molar-refractivity contribution >= 4 is 29.3 Å². The van der Waals surface area contributed by atoms with Gasteiger partial charge in [-0.15, -0.1) is 0 Å². The van der Waals surface area contributed by atoms with E-state index in [4.69, 9.17) is 0 Å². The molecule has 1 saturated carbocycles. The molecule has 2 aliphatic heterocycles. The van der Waals surface area contributed by atoms with Crippen LogP contribution in [0.2, 0.25) is 0 Å². The quantitative estimate of drug-likeness (QED) is 0.475. The SMILES string of the molecule is CC(C)(C)N1C(=O)[C@H]2[C@H](CC=C3[C@H]2C[C@H]2C(=O)N(c4ccccc4)C(=O)[C@@]2(C)[C@H]3c2ccccc2O)C1=O. The summed E-state index contributed by atoms with van der Waals surface area (Å²) in [4.78, 5) is 58.2. The molecule has 7 nitrogen and oxygen atoms in total. The first-order chi connectivity index (χ1) is 18.0. The van der Waals surface area contributed by atoms with Crippen molar-refractivity contribution < 1.29 is 24.3 Å². The first kappa shape index (κ1) is 24.6. The number of carbonyl (C=O) groups excluding carboxylic acids is 4. The summed E-state index contributed by atoms with van der Waals surface area (Å²) in [5.74, 6) is -3.70. The number of rotatable bonds is 2. The molecule has 0 aromatic heterocycles. The second kappa shape index (κ2) is 8.13. The molecular weight excluding hydrogens is 480 g/mol. The highest BCUT2D eigenvalue weighted by Crippen LogP contribution is 2.64. The molecule has 7 heteroatoms. The molecule has 6 atom stereocenters. The number of benzene rings is 2. The number of amides is 4. The molecule has 0 spiro atoms. The first-order valence-electron chi connectivity index (χ1n) is 13.3. The molecule has 0 radical (unpaired) electrons. The number of allylic oxidation sites excluding steroid dienone is 2. The molecule has 3 fully saturated rings. The average Bonchev–Trinajstić information content (AvgIpc) is 3.25. The van der Waals surface area contributed by atoms with Crippen molar-refractivity contribution in [2.45, 2.75) is 52.0 Å². The lowest BCUT2D eigenvalue weighted by Crippen LogP contribution is -2.49. The summed E-state index contributed by atoms with van der Waals surface area (Å²) in [5, 5.41) is 11.0. The Hall–Kier alpha value is -3.74. The third-order valence-electron chi connectivity index (χ3n) is 9.21. The van der Waals surface area contributed by atoms with E-state index in [1.54, 1.807) is 42.5 Å². The zero-order valence-electron chi connectivity index (χ0n) is 22.0. The van der Waals surface area contributed by atoms with Crippen molar-refractivity contribution in [3.63, 3.8) is 0 Å². The van der Waals surface area contributed by atoms with Crippen LogP contribution in [0.1, 0.15) is 52.0 Å². The van der Waals surface area contributed by atoms with Crippen molar-refractivity contribution in [2.75, 3.05) is 4.90 Å². The molecule has 2 aliphatic carbocycles. The van der Waals surface area contributed by atoms with Crippen molar-refractivity contribution in [3.05, 3.63) is 71.8 Å². The number of imide groups is 2. The van der Waals surface area contributed by atoms with Gasteiger partial charge in [0.05, 0.1) is 28.9 Å². The van der Waals surface area contributed by atoms with Gasteiger partial charge < -0.3 is 5.11 Å². The Morgan fingerprint density at radius 2 is 1.53 bits per heavy atom. The van der Waals surface area contributed by atoms with E-state index >= 15 is 0 Å². The van der Waals surface area contributed by atoms with Crippen molar-refractivity contribution in [1.82, 2.24) is 4.90 Å². The molecule has 0 unspecified atom stereocenters. The van der Waals surface area contributed by atoms with Crippen molar-refractivity contribution in [3.8, 4) is 5.75 Å². The van der Waals surface area contributed by atoms with Gasteiger partial charge in [0.15, 0.2) is 0 Å². The highest BCUT2D eigenvalue weighted by atomic mass is 16.3. The predicted molar refractivity (Wildman–Crippen MR) is 141 cm³/mol. The normalized spacial score (nSPS) is 32.7. The van der Waals surface area contributed by atoms with E-state index in [0.29, 0.717) is 24.1 Å². The molecular formula is C31H32N2O5. The second-order valence-electron chi connectivity index (χ2n) is 12.2. The van der Waals surface area contributed by atoms with Crippen LogP contribution in [0.25, 0.3) is 0 Å². The van der Waals surface area contributed by atoms with Crippen LogP contribution in [-0.2, 0) is 19.2 Å². The Morgan fingerprint density at radius 1 is 0.868 bits per heavy atom. The molecule has 2 saturated heterocycles. The van der Waals surface area contributed by atoms with Gasteiger partial charge in [-0.2, -0.15) is 0 Å². The second-order valence-corrected chi connectivity index (χ2v) is 12.2. The summed E-state index contributed by atoms with van der Waals surface area (Å²) in [5.41, 5.74) is 0.135. The number of nitrogens with zero attached hydrogens (tertiary/aromatic N) is 2. The molecule has 196 valence electrons. The minimum Gasteiger partial charge on any atom is -0.508 e. The Labute approximate surface area is 222 Å². The number of para-hydroxylation sites is 2. The summed E-state index contributed by atoms with van der Waals surface area (Å²) in [6.45, 7) is 7.39. The van der Waals surface area contributed by atoms with Crippen LogP contribution < -0.4 is 4.90 Å². The van der Waals surface area contributed by atoms with Crippen LogP contribution in [0.15, 0.2) is 66.2 Å². The summed E-state index contributed by atoms with van der Waals surface area (Å²) < 4.78 is 0. The fourth-order valence-electron chi connectivity index (χ4n) is 7.58. The highest BCUT2D eigenvalue weighted by Gasteiger charge is 2.68. The largest absolute Gasteiger partial charge is 0.508 e. The number of aromatic hydroxyl groups is 1. The number of fused-ring (bicyclic) bond motifs is 4. The number of hydrogen-bond donors (Lipinski definition) is 1. The van der Waals surface area contributed by atoms with Crippen molar-refractivity contribution in [2.24, 2.45) is 29.1 Å². The number of phenolic OH excluding ortho intramolecular Hbond substituents is 1. The Bertz CT molecular complexity index is 1410. The molecule has 2 aromatic carbocycles. The zero-order chi connectivity index (χ0) is 27.1. The first-order valence-corrected chi connectivity index (χ1v) is 13.3. The van der Waals surface area contributed by atoms with Crippen LogP contribution >= 0.6 is 0 Å². The van der Waals surface area contributed by atoms with Gasteiger partial charge in [-0.1, -0.05) is 48.0 Å². The maximum absolute atomic E-state index is 14.2. The molecule has 6 rings (SSSR count). The number of anilines is 1. The molecule has 2 heterocycles. The van der Waals surface area contributed by atoms with Crippen LogP contribution in [0.4, 0.5) is 5.69 Å². The fourth-order valence-corrected chi connectivity index (χ4v) is 7.58. The monoisotopic (exact) mass is 512 g/mol. The lowest BCUT2D eigenvalue weighted by atomic mass is 9.51. The van der Waals surface area contributed by atoms with Gasteiger partial charge >= 0.3 is 0 Å². The average molecular weight is 513 g/mol. The van der Waals surface area contributed by atoms with Gasteiger partial charge in [0.2, 0.25) is 23.6 Å². The van der Waals surface area contributed by atoms with Crippen LogP contribution in [-0.4, -0.2) is 39.2 Å². The minimum atomic E-state index is -1.16. The van der Waals surface area contributed by atoms with Gasteiger partial charge in [-0.3, -0.25) is 24.1 Å². The summed E-state index contributed by atoms with van der Waals surface area (Å²) in [6.07, 6.45) is 2.70. The molecule has 4 aliphatic rings. The number of phenols is 1. The molecule has 38 heavy (non-hydrogen) atoms. The smallest absolute Gasteiger partial charge is 0.241 e. The van der Waals surface area contributed by atoms with Gasteiger partial charge in [0.1, 0.15) is 5.75 Å². The maximum Gasteiger partial charge on any atom is 0.241 e. The predicted octanol–water partition coefficient (Wildman–Crippen LogP) is 4.42. The van der Waals surface area contributed by atoms with Crippen LogP contribution in [0, 0.1) is 29.1 Å². The van der Waals surface area contributed by atoms with E-state index in [2.05, 4.69) is 0 Å². The van der Waals surface area contributed by atoms with E-state index < -0.39 is 34.6 Å². The van der Waals surface area contributed by atoms with E-state index in [9.17, 15) is 24.3 Å².